The summed E-state index contributed by atoms with van der Waals surface area (Å²) < 4.78 is 11.7. The Morgan fingerprint density at radius 1 is 1.42 bits per heavy atom. The van der Waals surface area contributed by atoms with E-state index in [4.69, 9.17) is 9.47 Å². The highest BCUT2D eigenvalue weighted by Gasteiger charge is 2.33. The predicted octanol–water partition coefficient (Wildman–Crippen LogP) is 2.80. The standard InChI is InChI=1S/C17H19BrN2O4/c1-10-14(16(21)24-9-11-5-4-8-23-11)15(20-17(22)19-10)12-6-2-3-7-13(12)18/h2-3,6-7,11,15H,4-5,8-9H2,1H3,(H2,19,20,22)/t11-,15+/m1/s1. The Kier molecular flexibility index (Phi) is 5.20. The fraction of sp³-hybridized carbons (Fsp3) is 0.412. The van der Waals surface area contributed by atoms with Crippen LogP contribution in [0.3, 0.4) is 0 Å². The maximum absolute atomic E-state index is 12.6. The lowest BCUT2D eigenvalue weighted by atomic mass is 9.95. The average molecular weight is 395 g/mol. The van der Waals surface area contributed by atoms with Gasteiger partial charge >= 0.3 is 12.0 Å². The molecule has 0 aliphatic carbocycles. The second-order valence-corrected chi connectivity index (χ2v) is 6.68. The van der Waals surface area contributed by atoms with Gasteiger partial charge < -0.3 is 20.1 Å². The van der Waals surface area contributed by atoms with E-state index >= 15 is 0 Å². The molecule has 0 radical (unpaired) electrons. The van der Waals surface area contributed by atoms with E-state index in [1.165, 1.54) is 0 Å². The number of allylic oxidation sites excluding steroid dienone is 1. The SMILES string of the molecule is CC1=C(C(=O)OC[C@H]2CCCO2)[C@H](c2ccccc2Br)NC(=O)N1. The topological polar surface area (TPSA) is 76.7 Å². The molecule has 0 bridgehead atoms. The van der Waals surface area contributed by atoms with Gasteiger partial charge in [0.2, 0.25) is 0 Å². The molecule has 2 heterocycles. The number of ether oxygens (including phenoxy) is 2. The number of amides is 2. The minimum absolute atomic E-state index is 0.0390. The minimum Gasteiger partial charge on any atom is -0.459 e. The third kappa shape index (κ3) is 3.62. The van der Waals surface area contributed by atoms with Crippen LogP contribution in [0.25, 0.3) is 0 Å². The third-order valence-electron chi connectivity index (χ3n) is 4.13. The van der Waals surface area contributed by atoms with Gasteiger partial charge in [-0.1, -0.05) is 34.1 Å². The van der Waals surface area contributed by atoms with Crippen molar-refractivity contribution < 1.29 is 19.1 Å². The van der Waals surface area contributed by atoms with E-state index in [2.05, 4.69) is 26.6 Å². The molecule has 6 nitrogen and oxygen atoms in total. The Labute approximate surface area is 148 Å². The summed E-state index contributed by atoms with van der Waals surface area (Å²) in [5, 5.41) is 5.43. The number of benzene rings is 1. The molecule has 2 aliphatic heterocycles. The normalized spacial score (nSPS) is 23.7. The molecule has 24 heavy (non-hydrogen) atoms. The lowest BCUT2D eigenvalue weighted by Gasteiger charge is -2.29. The van der Waals surface area contributed by atoms with Gasteiger partial charge in [-0.3, -0.25) is 0 Å². The van der Waals surface area contributed by atoms with Crippen LogP contribution in [0.1, 0.15) is 31.4 Å². The van der Waals surface area contributed by atoms with Gasteiger partial charge in [0.25, 0.3) is 0 Å². The Balaban J connectivity index is 1.83. The highest BCUT2D eigenvalue weighted by molar-refractivity contribution is 9.10. The minimum atomic E-state index is -0.564. The van der Waals surface area contributed by atoms with E-state index in [-0.39, 0.29) is 18.7 Å². The predicted molar refractivity (Wildman–Crippen MR) is 91.2 cm³/mol. The smallest absolute Gasteiger partial charge is 0.338 e. The molecule has 0 saturated carbocycles. The van der Waals surface area contributed by atoms with Crippen LogP contribution < -0.4 is 10.6 Å². The van der Waals surface area contributed by atoms with Gasteiger partial charge in [-0.2, -0.15) is 0 Å². The molecule has 0 aromatic heterocycles. The number of hydrogen-bond donors (Lipinski definition) is 2. The monoisotopic (exact) mass is 394 g/mol. The number of urea groups is 1. The summed E-state index contributed by atoms with van der Waals surface area (Å²) in [6.45, 7) is 2.64. The maximum Gasteiger partial charge on any atom is 0.338 e. The van der Waals surface area contributed by atoms with Gasteiger partial charge in [-0.05, 0) is 31.4 Å². The van der Waals surface area contributed by atoms with Crippen molar-refractivity contribution in [3.05, 3.63) is 45.6 Å². The summed E-state index contributed by atoms with van der Waals surface area (Å²) in [7, 11) is 0. The first kappa shape index (κ1) is 17.0. The van der Waals surface area contributed by atoms with Crippen molar-refractivity contribution in [3.63, 3.8) is 0 Å². The summed E-state index contributed by atoms with van der Waals surface area (Å²) in [6, 6.07) is 6.56. The fourth-order valence-corrected chi connectivity index (χ4v) is 3.44. The number of rotatable bonds is 4. The highest BCUT2D eigenvalue weighted by atomic mass is 79.9. The van der Waals surface area contributed by atoms with E-state index in [1.54, 1.807) is 6.92 Å². The first-order chi connectivity index (χ1) is 11.6. The quantitative estimate of drug-likeness (QED) is 0.769. The first-order valence-corrected chi connectivity index (χ1v) is 8.67. The molecule has 1 aromatic carbocycles. The molecule has 3 rings (SSSR count). The zero-order valence-corrected chi connectivity index (χ0v) is 14.9. The summed E-state index contributed by atoms with van der Waals surface area (Å²) in [5.41, 5.74) is 1.70. The molecule has 1 fully saturated rings. The molecule has 2 aliphatic rings. The molecule has 2 amide bonds. The number of hydrogen-bond acceptors (Lipinski definition) is 4. The molecule has 0 spiro atoms. The van der Waals surface area contributed by atoms with Crippen LogP contribution in [0, 0.1) is 0 Å². The van der Waals surface area contributed by atoms with Gasteiger partial charge in [-0.25, -0.2) is 9.59 Å². The van der Waals surface area contributed by atoms with Crippen molar-refractivity contribution >= 4 is 27.9 Å². The summed E-state index contributed by atoms with van der Waals surface area (Å²) in [5.74, 6) is -0.448. The van der Waals surface area contributed by atoms with Gasteiger partial charge in [0.05, 0.1) is 17.7 Å². The van der Waals surface area contributed by atoms with Gasteiger partial charge in [0.15, 0.2) is 0 Å². The van der Waals surface area contributed by atoms with Crippen molar-refractivity contribution in [3.8, 4) is 0 Å². The van der Waals surface area contributed by atoms with Crippen LogP contribution in [0.2, 0.25) is 0 Å². The van der Waals surface area contributed by atoms with Gasteiger partial charge in [-0.15, -0.1) is 0 Å². The largest absolute Gasteiger partial charge is 0.459 e. The molecular formula is C17H19BrN2O4. The van der Waals surface area contributed by atoms with Crippen LogP contribution in [0.4, 0.5) is 4.79 Å². The Bertz CT molecular complexity index is 683. The zero-order valence-electron chi connectivity index (χ0n) is 13.3. The average Bonchev–Trinajstić information content (AvgIpc) is 3.06. The molecule has 7 heteroatoms. The number of esters is 1. The van der Waals surface area contributed by atoms with Crippen LogP contribution in [0.15, 0.2) is 40.0 Å². The number of nitrogens with one attached hydrogen (secondary N) is 2. The number of carbonyl (C=O) groups excluding carboxylic acids is 2. The summed E-state index contributed by atoms with van der Waals surface area (Å²) in [4.78, 5) is 24.5. The second-order valence-electron chi connectivity index (χ2n) is 5.83. The van der Waals surface area contributed by atoms with E-state index in [0.29, 0.717) is 17.9 Å². The zero-order chi connectivity index (χ0) is 17.1. The van der Waals surface area contributed by atoms with E-state index in [1.807, 2.05) is 24.3 Å². The number of halogens is 1. The molecule has 2 N–H and O–H groups in total. The highest BCUT2D eigenvalue weighted by Crippen LogP contribution is 2.32. The Morgan fingerprint density at radius 2 is 2.21 bits per heavy atom. The summed E-state index contributed by atoms with van der Waals surface area (Å²) in [6.07, 6.45) is 1.85. The van der Waals surface area contributed by atoms with Crippen LogP contribution in [-0.4, -0.2) is 31.3 Å². The van der Waals surface area contributed by atoms with E-state index < -0.39 is 12.0 Å². The molecule has 0 unspecified atom stereocenters. The van der Waals surface area contributed by atoms with Crippen molar-refractivity contribution in [2.24, 2.45) is 0 Å². The fourth-order valence-electron chi connectivity index (χ4n) is 2.93. The maximum atomic E-state index is 12.6. The van der Waals surface area contributed by atoms with Crippen molar-refractivity contribution in [2.75, 3.05) is 13.2 Å². The molecular weight excluding hydrogens is 376 g/mol. The molecule has 2 atom stereocenters. The van der Waals surface area contributed by atoms with Crippen molar-refractivity contribution in [2.45, 2.75) is 31.9 Å². The van der Waals surface area contributed by atoms with E-state index in [9.17, 15) is 9.59 Å². The Hall–Kier alpha value is -1.86. The Morgan fingerprint density at radius 3 is 2.92 bits per heavy atom. The van der Waals surface area contributed by atoms with Gasteiger partial charge in [0.1, 0.15) is 6.61 Å². The first-order valence-electron chi connectivity index (χ1n) is 7.87. The number of carbonyl (C=O) groups is 2. The summed E-state index contributed by atoms with van der Waals surface area (Å²) >= 11 is 3.47. The molecule has 128 valence electrons. The molecule has 1 saturated heterocycles. The van der Waals surface area contributed by atoms with Crippen LogP contribution >= 0.6 is 15.9 Å². The lowest BCUT2D eigenvalue weighted by molar-refractivity contribution is -0.142. The third-order valence-corrected chi connectivity index (χ3v) is 4.85. The van der Waals surface area contributed by atoms with Crippen molar-refractivity contribution in [1.82, 2.24) is 10.6 Å². The second kappa shape index (κ2) is 7.36. The molecule has 1 aromatic rings. The lowest BCUT2D eigenvalue weighted by Crippen LogP contribution is -2.45. The van der Waals surface area contributed by atoms with Crippen molar-refractivity contribution in [1.29, 1.82) is 0 Å². The van der Waals surface area contributed by atoms with Crippen LogP contribution in [-0.2, 0) is 14.3 Å². The van der Waals surface area contributed by atoms with E-state index in [0.717, 1.165) is 22.9 Å². The van der Waals surface area contributed by atoms with Gasteiger partial charge in [0, 0.05) is 16.8 Å². The van der Waals surface area contributed by atoms with Crippen LogP contribution in [0.5, 0.6) is 0 Å².